The molecule has 7 atom stereocenters. The van der Waals surface area contributed by atoms with E-state index >= 15 is 0 Å². The van der Waals surface area contributed by atoms with Gasteiger partial charge in [0.05, 0.1) is 8.07 Å². The van der Waals surface area contributed by atoms with E-state index in [-0.39, 0.29) is 0 Å². The molecule has 0 aromatic heterocycles. The Kier molecular flexibility index (Phi) is 4.23. The molecule has 0 radical (unpaired) electrons. The predicted molar refractivity (Wildman–Crippen MR) is 115 cm³/mol. The molecule has 4 aliphatic rings. The van der Waals surface area contributed by atoms with E-state index in [1.165, 1.54) is 24.8 Å². The fourth-order valence-electron chi connectivity index (χ4n) is 8.27. The molecule has 3 saturated carbocycles. The zero-order chi connectivity index (χ0) is 17.9. The maximum Gasteiger partial charge on any atom is 0.0547 e. The van der Waals surface area contributed by atoms with Gasteiger partial charge in [-0.05, 0) is 58.2 Å². The van der Waals surface area contributed by atoms with Crippen molar-refractivity contribution in [3.05, 3.63) is 41.5 Å². The summed E-state index contributed by atoms with van der Waals surface area (Å²) < 4.78 is 0. The van der Waals surface area contributed by atoms with Crippen molar-refractivity contribution in [2.45, 2.75) is 82.0 Å². The van der Waals surface area contributed by atoms with E-state index in [0.717, 1.165) is 40.7 Å². The van der Waals surface area contributed by atoms with Crippen LogP contribution >= 0.6 is 0 Å². The number of allylic oxidation sites excluding steroid dienone is 1. The molecule has 0 N–H and O–H groups in total. The molecule has 0 bridgehead atoms. The van der Waals surface area contributed by atoms with Gasteiger partial charge in [-0.15, -0.1) is 0 Å². The third-order valence-corrected chi connectivity index (χ3v) is 14.5. The molecule has 1 heteroatoms. The van der Waals surface area contributed by atoms with Crippen molar-refractivity contribution in [1.29, 1.82) is 0 Å². The summed E-state index contributed by atoms with van der Waals surface area (Å²) >= 11 is 0. The number of hydrogen-bond acceptors (Lipinski definition) is 0. The Bertz CT molecular complexity index is 702. The minimum atomic E-state index is -1.29. The lowest BCUT2D eigenvalue weighted by Crippen LogP contribution is -2.44. The quantitative estimate of drug-likeness (QED) is 0.476. The van der Waals surface area contributed by atoms with E-state index in [2.05, 4.69) is 56.4 Å². The number of rotatable bonds is 2. The third kappa shape index (κ3) is 2.53. The van der Waals surface area contributed by atoms with Crippen LogP contribution in [-0.4, -0.2) is 8.07 Å². The van der Waals surface area contributed by atoms with Crippen LogP contribution in [0, 0.1) is 23.7 Å². The fraction of sp³-hybridized carbons (Fsp3) is 0.680. The van der Waals surface area contributed by atoms with Gasteiger partial charge in [0, 0.05) is 0 Å². The van der Waals surface area contributed by atoms with Gasteiger partial charge in [0.15, 0.2) is 0 Å². The first kappa shape index (κ1) is 17.3. The van der Waals surface area contributed by atoms with Crippen molar-refractivity contribution in [3.63, 3.8) is 0 Å². The Labute approximate surface area is 161 Å². The van der Waals surface area contributed by atoms with Gasteiger partial charge in [-0.3, -0.25) is 0 Å². The lowest BCUT2D eigenvalue weighted by Gasteiger charge is -2.45. The van der Waals surface area contributed by atoms with Gasteiger partial charge in [-0.1, -0.05) is 95.0 Å². The van der Waals surface area contributed by atoms with Gasteiger partial charge in [0.25, 0.3) is 0 Å². The minimum Gasteiger partial charge on any atom is -0.0802 e. The number of fused-ring (bicyclic) bond motifs is 4. The van der Waals surface area contributed by atoms with Crippen molar-refractivity contribution in [2.75, 3.05) is 0 Å². The highest BCUT2D eigenvalue weighted by molar-refractivity contribution is 6.80. The molecule has 0 spiro atoms. The molecule has 1 aromatic carbocycles. The predicted octanol–water partition coefficient (Wildman–Crippen LogP) is 7.50. The fourth-order valence-corrected chi connectivity index (χ4v) is 14.2. The van der Waals surface area contributed by atoms with Crippen molar-refractivity contribution >= 4 is 14.1 Å². The summed E-state index contributed by atoms with van der Waals surface area (Å²) in [5.74, 6) is 4.72. The minimum absolute atomic E-state index is 0.798. The lowest BCUT2D eigenvalue weighted by atomic mass is 9.81. The van der Waals surface area contributed by atoms with Gasteiger partial charge >= 0.3 is 0 Å². The zero-order valence-electron chi connectivity index (χ0n) is 17.0. The monoisotopic (exact) mass is 364 g/mol. The lowest BCUT2D eigenvalue weighted by molar-refractivity contribution is 0.273. The molecular weight excluding hydrogens is 328 g/mol. The van der Waals surface area contributed by atoms with Crippen LogP contribution in [0.5, 0.6) is 0 Å². The Morgan fingerprint density at radius 2 is 1.77 bits per heavy atom. The summed E-state index contributed by atoms with van der Waals surface area (Å²) in [7, 11) is -1.29. The van der Waals surface area contributed by atoms with Crippen LogP contribution in [0.3, 0.4) is 0 Å². The van der Waals surface area contributed by atoms with E-state index in [9.17, 15) is 0 Å². The highest BCUT2D eigenvalue weighted by Gasteiger charge is 2.55. The first-order valence-electron chi connectivity index (χ1n) is 11.3. The second kappa shape index (κ2) is 6.36. The molecule has 0 saturated heterocycles. The maximum atomic E-state index is 2.80. The topological polar surface area (TPSA) is 0 Å². The molecule has 0 aliphatic heterocycles. The average Bonchev–Trinajstić information content (AvgIpc) is 3.22. The van der Waals surface area contributed by atoms with Crippen molar-refractivity contribution in [2.24, 2.45) is 23.7 Å². The van der Waals surface area contributed by atoms with E-state index < -0.39 is 8.07 Å². The molecule has 7 unspecified atom stereocenters. The van der Waals surface area contributed by atoms with Crippen LogP contribution in [0.1, 0.15) is 68.9 Å². The molecular formula is C25H36Si. The summed E-state index contributed by atoms with van der Waals surface area (Å²) in [4.78, 5) is 0. The molecule has 5 rings (SSSR count). The summed E-state index contributed by atoms with van der Waals surface area (Å²) in [6.45, 7) is 8.20. The Morgan fingerprint density at radius 1 is 0.962 bits per heavy atom. The molecule has 26 heavy (non-hydrogen) atoms. The number of hydrogen-bond donors (Lipinski definition) is 0. The van der Waals surface area contributed by atoms with Crippen LogP contribution in [0.25, 0.3) is 6.08 Å². The van der Waals surface area contributed by atoms with Gasteiger partial charge in [-0.25, -0.2) is 0 Å². The first-order chi connectivity index (χ1) is 12.6. The zero-order valence-corrected chi connectivity index (χ0v) is 18.0. The number of benzene rings is 1. The molecule has 140 valence electrons. The van der Waals surface area contributed by atoms with Crippen LogP contribution in [0.4, 0.5) is 0 Å². The van der Waals surface area contributed by atoms with Crippen molar-refractivity contribution < 1.29 is 0 Å². The summed E-state index contributed by atoms with van der Waals surface area (Å²) in [5.41, 5.74) is 5.24. The molecule has 0 amide bonds. The molecule has 0 nitrogen and oxygen atoms in total. The van der Waals surface area contributed by atoms with Gasteiger partial charge < -0.3 is 0 Å². The van der Waals surface area contributed by atoms with E-state index in [1.807, 2.05) is 0 Å². The van der Waals surface area contributed by atoms with Crippen LogP contribution in [0.2, 0.25) is 24.2 Å². The maximum absolute atomic E-state index is 2.80. The van der Waals surface area contributed by atoms with Crippen LogP contribution < -0.4 is 0 Å². The van der Waals surface area contributed by atoms with Crippen LogP contribution in [-0.2, 0) is 0 Å². The van der Waals surface area contributed by atoms with Gasteiger partial charge in [-0.2, -0.15) is 0 Å². The van der Waals surface area contributed by atoms with E-state index in [4.69, 9.17) is 0 Å². The second-order valence-corrected chi connectivity index (χ2v) is 15.7. The van der Waals surface area contributed by atoms with Gasteiger partial charge in [0.2, 0.25) is 0 Å². The Morgan fingerprint density at radius 3 is 2.65 bits per heavy atom. The Hall–Kier alpha value is -0.823. The molecule has 1 aromatic rings. The van der Waals surface area contributed by atoms with Crippen LogP contribution in [0.15, 0.2) is 30.3 Å². The SMILES string of the molecule is CC1CC2c3ccccc3C=CC2C1[Si](C)(C)C1CCC2CCCCC21. The van der Waals surface area contributed by atoms with E-state index in [1.54, 1.807) is 31.2 Å². The Balaban J connectivity index is 1.46. The smallest absolute Gasteiger partial charge is 0.0547 e. The molecule has 3 fully saturated rings. The highest BCUT2D eigenvalue weighted by Crippen LogP contribution is 2.63. The van der Waals surface area contributed by atoms with E-state index in [0.29, 0.717) is 0 Å². The second-order valence-electron chi connectivity index (χ2n) is 10.6. The summed E-state index contributed by atoms with van der Waals surface area (Å²) in [6, 6.07) is 9.22. The average molecular weight is 365 g/mol. The molecule has 4 aliphatic carbocycles. The summed E-state index contributed by atoms with van der Waals surface area (Å²) in [6.07, 6.45) is 15.8. The van der Waals surface area contributed by atoms with Crippen molar-refractivity contribution in [1.82, 2.24) is 0 Å². The highest BCUT2D eigenvalue weighted by atomic mass is 28.3. The summed E-state index contributed by atoms with van der Waals surface area (Å²) in [5, 5.41) is 0. The first-order valence-corrected chi connectivity index (χ1v) is 14.5. The normalized spacial score (nSPS) is 41.6. The largest absolute Gasteiger partial charge is 0.0802 e. The molecule has 0 heterocycles. The standard InChI is InChI=1S/C25H36Si/c1-17-16-23-20-10-6-4-8-18(20)12-14-22(23)25(17)26(2,3)24-15-13-19-9-5-7-11-21(19)24/h4,6,8,10,12,14,17,19,21-25H,5,7,9,11,13,15-16H2,1-3H3. The van der Waals surface area contributed by atoms with Crippen molar-refractivity contribution in [3.8, 4) is 0 Å². The third-order valence-electron chi connectivity index (χ3n) is 9.16. The van der Waals surface area contributed by atoms with Gasteiger partial charge in [0.1, 0.15) is 0 Å².